The molecular weight excluding hydrogens is 394 g/mol. The summed E-state index contributed by atoms with van der Waals surface area (Å²) >= 11 is 0. The molecule has 2 aliphatic rings. The number of carbonyl (C=O) groups excluding carboxylic acids is 1. The van der Waals surface area contributed by atoms with Gasteiger partial charge in [0.05, 0.1) is 0 Å². The van der Waals surface area contributed by atoms with Crippen molar-refractivity contribution >= 4 is 5.91 Å². The van der Waals surface area contributed by atoms with Crippen LogP contribution in [0, 0.1) is 6.92 Å². The van der Waals surface area contributed by atoms with Crippen LogP contribution in [-0.2, 0) is 6.54 Å². The number of hydrogen-bond acceptors (Lipinski definition) is 6. The summed E-state index contributed by atoms with van der Waals surface area (Å²) < 4.78 is 16.4. The molecule has 5 rings (SSSR count). The average molecular weight is 419 g/mol. The van der Waals surface area contributed by atoms with Gasteiger partial charge in [-0.1, -0.05) is 48.2 Å². The smallest absolute Gasteiger partial charge is 0.254 e. The molecule has 1 saturated carbocycles. The first-order valence-corrected chi connectivity index (χ1v) is 10.8. The molecule has 1 aliphatic heterocycles. The topological polar surface area (TPSA) is 77.7 Å². The van der Waals surface area contributed by atoms with Crippen molar-refractivity contribution in [3.63, 3.8) is 0 Å². The monoisotopic (exact) mass is 419 g/mol. The lowest BCUT2D eigenvalue weighted by Gasteiger charge is -2.33. The molecule has 1 fully saturated rings. The zero-order valence-corrected chi connectivity index (χ0v) is 17.5. The largest absolute Gasteiger partial charge is 0.454 e. The van der Waals surface area contributed by atoms with Crippen molar-refractivity contribution in [2.24, 2.45) is 0 Å². The molecule has 0 radical (unpaired) electrons. The predicted octanol–water partition coefficient (Wildman–Crippen LogP) is 4.75. The maximum absolute atomic E-state index is 13.5. The lowest BCUT2D eigenvalue weighted by atomic mass is 9.93. The molecule has 1 aliphatic carbocycles. The van der Waals surface area contributed by atoms with Crippen LogP contribution in [-0.4, -0.2) is 33.8 Å². The highest BCUT2D eigenvalue weighted by atomic mass is 16.7. The van der Waals surface area contributed by atoms with Gasteiger partial charge in [-0.05, 0) is 44.0 Å². The second-order valence-electron chi connectivity index (χ2n) is 8.17. The molecule has 0 N–H and O–H groups in total. The van der Waals surface area contributed by atoms with E-state index in [4.69, 9.17) is 14.0 Å². The van der Waals surface area contributed by atoms with Gasteiger partial charge in [0.1, 0.15) is 6.54 Å². The highest BCUT2D eigenvalue weighted by Gasteiger charge is 2.29. The van der Waals surface area contributed by atoms with Gasteiger partial charge < -0.3 is 18.9 Å². The van der Waals surface area contributed by atoms with E-state index in [1.54, 1.807) is 18.2 Å². The fourth-order valence-corrected chi connectivity index (χ4v) is 4.32. The molecule has 0 unspecified atom stereocenters. The third-order valence-electron chi connectivity index (χ3n) is 5.95. The van der Waals surface area contributed by atoms with Crippen molar-refractivity contribution in [1.29, 1.82) is 0 Å². The van der Waals surface area contributed by atoms with Crippen molar-refractivity contribution < 1.29 is 18.8 Å². The minimum absolute atomic E-state index is 0.0551. The zero-order chi connectivity index (χ0) is 21.2. The zero-order valence-electron chi connectivity index (χ0n) is 17.5. The Balaban J connectivity index is 1.41. The highest BCUT2D eigenvalue weighted by Crippen LogP contribution is 2.34. The molecule has 2 aromatic carbocycles. The number of carbonyl (C=O) groups is 1. The number of amides is 1. The van der Waals surface area contributed by atoms with Crippen LogP contribution in [0.3, 0.4) is 0 Å². The van der Waals surface area contributed by atoms with E-state index in [0.717, 1.165) is 36.8 Å². The number of hydrogen-bond donors (Lipinski definition) is 0. The standard InChI is InChI=1S/C24H25N3O4/c1-16-6-5-7-17(12-16)23-25-22(31-26-23)14-27(19-8-3-2-4-9-19)24(28)18-10-11-20-21(13-18)30-15-29-20/h5-7,10-13,19H,2-4,8-9,14-15H2,1H3. The second-order valence-corrected chi connectivity index (χ2v) is 8.17. The van der Waals surface area contributed by atoms with E-state index in [9.17, 15) is 4.79 Å². The first-order chi connectivity index (χ1) is 15.2. The van der Waals surface area contributed by atoms with Crippen molar-refractivity contribution in [1.82, 2.24) is 15.0 Å². The van der Waals surface area contributed by atoms with E-state index in [1.165, 1.54) is 6.42 Å². The van der Waals surface area contributed by atoms with Crippen LogP contribution in [0.15, 0.2) is 47.0 Å². The van der Waals surface area contributed by atoms with Crippen molar-refractivity contribution in [2.75, 3.05) is 6.79 Å². The third kappa shape index (κ3) is 4.13. The molecular formula is C24H25N3O4. The molecule has 160 valence electrons. The Morgan fingerprint density at radius 3 is 2.74 bits per heavy atom. The second kappa shape index (κ2) is 8.41. The molecule has 31 heavy (non-hydrogen) atoms. The van der Waals surface area contributed by atoms with Gasteiger partial charge in [-0.15, -0.1) is 0 Å². The Hall–Kier alpha value is -3.35. The summed E-state index contributed by atoms with van der Waals surface area (Å²) in [5.74, 6) is 2.20. The summed E-state index contributed by atoms with van der Waals surface area (Å²) in [7, 11) is 0. The van der Waals surface area contributed by atoms with E-state index < -0.39 is 0 Å². The van der Waals surface area contributed by atoms with Gasteiger partial charge in [0.2, 0.25) is 18.5 Å². The Bertz CT molecular complexity index is 1090. The van der Waals surface area contributed by atoms with E-state index in [1.807, 2.05) is 36.1 Å². The summed E-state index contributed by atoms with van der Waals surface area (Å²) in [6, 6.07) is 13.5. The van der Waals surface area contributed by atoms with E-state index in [-0.39, 0.29) is 25.3 Å². The normalized spacial score (nSPS) is 15.8. The molecule has 1 aromatic heterocycles. The molecule has 2 heterocycles. The molecule has 0 bridgehead atoms. The molecule has 1 amide bonds. The van der Waals surface area contributed by atoms with Crippen LogP contribution in [0.25, 0.3) is 11.4 Å². The quantitative estimate of drug-likeness (QED) is 0.594. The van der Waals surface area contributed by atoms with E-state index in [0.29, 0.717) is 28.8 Å². The van der Waals surface area contributed by atoms with Gasteiger partial charge in [-0.2, -0.15) is 4.98 Å². The summed E-state index contributed by atoms with van der Waals surface area (Å²) in [6.45, 7) is 2.50. The fraction of sp³-hybridized carbons (Fsp3) is 0.375. The number of aryl methyl sites for hydroxylation is 1. The third-order valence-corrected chi connectivity index (χ3v) is 5.95. The Morgan fingerprint density at radius 1 is 1.06 bits per heavy atom. The van der Waals surface area contributed by atoms with Crippen LogP contribution < -0.4 is 9.47 Å². The molecule has 0 saturated heterocycles. The SMILES string of the molecule is Cc1cccc(-c2noc(CN(C(=O)c3ccc4c(c3)OCO4)C3CCCCC3)n2)c1. The number of aromatic nitrogens is 2. The predicted molar refractivity (Wildman–Crippen MR) is 114 cm³/mol. The number of nitrogens with zero attached hydrogens (tertiary/aromatic N) is 3. The Labute approximate surface area is 181 Å². The number of fused-ring (bicyclic) bond motifs is 1. The minimum Gasteiger partial charge on any atom is -0.454 e. The van der Waals surface area contributed by atoms with Crippen LogP contribution in [0.2, 0.25) is 0 Å². The molecule has 0 spiro atoms. The lowest BCUT2D eigenvalue weighted by molar-refractivity contribution is 0.0585. The molecule has 3 aromatic rings. The number of ether oxygens (including phenoxy) is 2. The van der Waals surface area contributed by atoms with Crippen LogP contribution >= 0.6 is 0 Å². The summed E-state index contributed by atoms with van der Waals surface area (Å²) in [5.41, 5.74) is 2.61. The Morgan fingerprint density at radius 2 is 1.90 bits per heavy atom. The van der Waals surface area contributed by atoms with Crippen LogP contribution in [0.4, 0.5) is 0 Å². The summed E-state index contributed by atoms with van der Waals surface area (Å²) in [4.78, 5) is 20.0. The summed E-state index contributed by atoms with van der Waals surface area (Å²) in [6.07, 6.45) is 5.41. The van der Waals surface area contributed by atoms with E-state index in [2.05, 4.69) is 10.1 Å². The highest BCUT2D eigenvalue weighted by molar-refractivity contribution is 5.95. The maximum Gasteiger partial charge on any atom is 0.254 e. The van der Waals surface area contributed by atoms with E-state index >= 15 is 0 Å². The number of rotatable bonds is 5. The van der Waals surface area contributed by atoms with Crippen molar-refractivity contribution in [3.05, 3.63) is 59.5 Å². The van der Waals surface area contributed by atoms with Gasteiger partial charge in [0, 0.05) is 17.2 Å². The van der Waals surface area contributed by atoms with Gasteiger partial charge >= 0.3 is 0 Å². The van der Waals surface area contributed by atoms with Crippen LogP contribution in [0.1, 0.15) is 53.9 Å². The maximum atomic E-state index is 13.5. The molecule has 7 heteroatoms. The summed E-state index contributed by atoms with van der Waals surface area (Å²) in [5, 5.41) is 4.14. The minimum atomic E-state index is -0.0551. The fourth-order valence-electron chi connectivity index (χ4n) is 4.32. The number of benzene rings is 2. The first kappa shape index (κ1) is 19.6. The average Bonchev–Trinajstić information content (AvgIpc) is 3.46. The van der Waals surface area contributed by atoms with Gasteiger partial charge in [-0.25, -0.2) is 0 Å². The Kier molecular flexibility index (Phi) is 5.32. The van der Waals surface area contributed by atoms with Gasteiger partial charge in [-0.3, -0.25) is 4.79 Å². The first-order valence-electron chi connectivity index (χ1n) is 10.8. The van der Waals surface area contributed by atoms with Crippen molar-refractivity contribution in [3.8, 4) is 22.9 Å². The molecule has 0 atom stereocenters. The lowest BCUT2D eigenvalue weighted by Crippen LogP contribution is -2.41. The van der Waals surface area contributed by atoms with Gasteiger partial charge in [0.25, 0.3) is 5.91 Å². The van der Waals surface area contributed by atoms with Crippen LogP contribution in [0.5, 0.6) is 11.5 Å². The van der Waals surface area contributed by atoms with Crippen molar-refractivity contribution in [2.45, 2.75) is 51.6 Å². The molecule has 7 nitrogen and oxygen atoms in total. The van der Waals surface area contributed by atoms with Gasteiger partial charge in [0.15, 0.2) is 11.5 Å².